The number of nitrogens with two attached hydrogens (primary N) is 1. The van der Waals surface area contributed by atoms with Crippen molar-refractivity contribution < 1.29 is 24.2 Å². The molecule has 0 aliphatic rings. The Hall–Kier alpha value is -1.43. The van der Waals surface area contributed by atoms with E-state index in [0.29, 0.717) is 12.8 Å². The summed E-state index contributed by atoms with van der Waals surface area (Å²) >= 11 is 0. The summed E-state index contributed by atoms with van der Waals surface area (Å²) in [6.07, 6.45) is 20.9. The van der Waals surface area contributed by atoms with Gasteiger partial charge >= 0.3 is 11.9 Å². The van der Waals surface area contributed by atoms with Crippen molar-refractivity contribution in [2.75, 3.05) is 0 Å². The SMILES string of the molecule is CCCCCCCCCCCCCCCCCC(=O)C(CCCC)OC(=O)[C@@H](N)CCC(=O)O. The Morgan fingerprint density at radius 1 is 0.647 bits per heavy atom. The van der Waals surface area contributed by atoms with Crippen LogP contribution in [0.1, 0.15) is 149 Å². The van der Waals surface area contributed by atoms with E-state index < -0.39 is 24.1 Å². The van der Waals surface area contributed by atoms with Crippen LogP contribution in [0, 0.1) is 0 Å². The molecular formula is C28H53NO5. The summed E-state index contributed by atoms with van der Waals surface area (Å²) in [7, 11) is 0. The first-order chi connectivity index (χ1) is 16.4. The normalized spacial score (nSPS) is 12.9. The summed E-state index contributed by atoms with van der Waals surface area (Å²) < 4.78 is 5.38. The number of carboxylic acids is 1. The minimum absolute atomic E-state index is 0.0158. The summed E-state index contributed by atoms with van der Waals surface area (Å²) in [5, 5.41) is 8.73. The maximum absolute atomic E-state index is 12.6. The van der Waals surface area contributed by atoms with Crippen LogP contribution in [-0.2, 0) is 19.1 Å². The maximum Gasteiger partial charge on any atom is 0.323 e. The largest absolute Gasteiger partial charge is 0.481 e. The summed E-state index contributed by atoms with van der Waals surface area (Å²) in [5.41, 5.74) is 5.73. The number of carbonyl (C=O) groups excluding carboxylic acids is 2. The third kappa shape index (κ3) is 20.0. The van der Waals surface area contributed by atoms with Gasteiger partial charge in [0.15, 0.2) is 11.9 Å². The second kappa shape index (κ2) is 23.3. The van der Waals surface area contributed by atoms with Gasteiger partial charge in [0.1, 0.15) is 6.04 Å². The standard InChI is InChI=1S/C28H53NO5/c1-3-5-7-8-9-10-11-12-13-14-15-16-17-18-19-20-25(30)26(21-6-4-2)34-28(33)24(29)22-23-27(31)32/h24,26H,3-23,29H2,1-2H3,(H,31,32)/t24-,26?/m0/s1. The highest BCUT2D eigenvalue weighted by Gasteiger charge is 2.25. The zero-order valence-corrected chi connectivity index (χ0v) is 22.2. The highest BCUT2D eigenvalue weighted by molar-refractivity contribution is 5.86. The monoisotopic (exact) mass is 483 g/mol. The number of carbonyl (C=O) groups is 3. The summed E-state index contributed by atoms with van der Waals surface area (Å²) in [6.45, 7) is 4.28. The molecule has 2 atom stereocenters. The predicted octanol–water partition coefficient (Wildman–Crippen LogP) is 7.11. The summed E-state index contributed by atoms with van der Waals surface area (Å²) in [5.74, 6) is -1.72. The van der Waals surface area contributed by atoms with Gasteiger partial charge in [-0.15, -0.1) is 0 Å². The highest BCUT2D eigenvalue weighted by Crippen LogP contribution is 2.16. The fraction of sp³-hybridized carbons (Fsp3) is 0.893. The van der Waals surface area contributed by atoms with E-state index in [4.69, 9.17) is 15.6 Å². The molecule has 200 valence electrons. The average molecular weight is 484 g/mol. The Morgan fingerprint density at radius 3 is 1.53 bits per heavy atom. The molecular weight excluding hydrogens is 430 g/mol. The molecule has 0 amide bonds. The van der Waals surface area contributed by atoms with Crippen LogP contribution in [0.2, 0.25) is 0 Å². The van der Waals surface area contributed by atoms with E-state index in [-0.39, 0.29) is 18.6 Å². The molecule has 0 spiro atoms. The number of carboxylic acid groups (broad SMARTS) is 1. The Morgan fingerprint density at radius 2 is 1.09 bits per heavy atom. The number of esters is 1. The van der Waals surface area contributed by atoms with Gasteiger partial charge in [-0.1, -0.05) is 110 Å². The van der Waals surface area contributed by atoms with Gasteiger partial charge in [0.05, 0.1) is 0 Å². The van der Waals surface area contributed by atoms with E-state index in [9.17, 15) is 14.4 Å². The fourth-order valence-corrected chi connectivity index (χ4v) is 4.13. The summed E-state index contributed by atoms with van der Waals surface area (Å²) in [4.78, 5) is 35.4. The molecule has 0 aromatic heterocycles. The highest BCUT2D eigenvalue weighted by atomic mass is 16.5. The van der Waals surface area contributed by atoms with Crippen LogP contribution in [0.15, 0.2) is 0 Å². The topological polar surface area (TPSA) is 107 Å². The van der Waals surface area contributed by atoms with Gasteiger partial charge in [0, 0.05) is 12.8 Å². The molecule has 0 aromatic rings. The van der Waals surface area contributed by atoms with Gasteiger partial charge in [-0.2, -0.15) is 0 Å². The second-order valence-corrected chi connectivity index (χ2v) is 9.77. The lowest BCUT2D eigenvalue weighted by molar-refractivity contribution is -0.157. The fourth-order valence-electron chi connectivity index (χ4n) is 4.13. The van der Waals surface area contributed by atoms with Crippen molar-refractivity contribution in [3.63, 3.8) is 0 Å². The van der Waals surface area contributed by atoms with Gasteiger partial charge in [-0.05, 0) is 25.7 Å². The molecule has 6 nitrogen and oxygen atoms in total. The third-order valence-corrected chi connectivity index (χ3v) is 6.44. The van der Waals surface area contributed by atoms with E-state index >= 15 is 0 Å². The van der Waals surface area contributed by atoms with Crippen molar-refractivity contribution in [2.24, 2.45) is 5.73 Å². The Bertz CT molecular complexity index is 523. The van der Waals surface area contributed by atoms with Crippen LogP contribution in [0.3, 0.4) is 0 Å². The maximum atomic E-state index is 12.6. The zero-order valence-electron chi connectivity index (χ0n) is 22.2. The summed E-state index contributed by atoms with van der Waals surface area (Å²) in [6, 6.07) is -1.00. The molecule has 0 aliphatic heterocycles. The lowest BCUT2D eigenvalue weighted by atomic mass is 10.0. The Balaban J connectivity index is 3.86. The van der Waals surface area contributed by atoms with Crippen LogP contribution in [0.5, 0.6) is 0 Å². The molecule has 6 heteroatoms. The zero-order chi connectivity index (χ0) is 25.4. The number of aliphatic carboxylic acids is 1. The molecule has 0 fully saturated rings. The van der Waals surface area contributed by atoms with Crippen molar-refractivity contribution in [1.82, 2.24) is 0 Å². The molecule has 0 aromatic carbocycles. The van der Waals surface area contributed by atoms with Gasteiger partial charge in [0.2, 0.25) is 0 Å². The van der Waals surface area contributed by atoms with E-state index in [0.717, 1.165) is 32.1 Å². The van der Waals surface area contributed by atoms with Crippen molar-refractivity contribution in [3.8, 4) is 0 Å². The van der Waals surface area contributed by atoms with Crippen LogP contribution in [-0.4, -0.2) is 35.0 Å². The smallest absolute Gasteiger partial charge is 0.323 e. The first-order valence-electron chi connectivity index (χ1n) is 14.1. The molecule has 0 aliphatic carbocycles. The number of Topliss-reactive ketones (excluding diaryl/α,β-unsaturated/α-hetero) is 1. The first-order valence-corrected chi connectivity index (χ1v) is 14.1. The molecule has 0 rings (SSSR count). The van der Waals surface area contributed by atoms with Crippen molar-refractivity contribution in [3.05, 3.63) is 0 Å². The van der Waals surface area contributed by atoms with Gasteiger partial charge in [0.25, 0.3) is 0 Å². The Labute approximate surface area is 208 Å². The quantitative estimate of drug-likeness (QED) is 0.106. The first kappa shape index (κ1) is 32.6. The minimum atomic E-state index is -1.00. The lowest BCUT2D eigenvalue weighted by Gasteiger charge is -2.19. The van der Waals surface area contributed by atoms with Crippen molar-refractivity contribution in [1.29, 1.82) is 0 Å². The second-order valence-electron chi connectivity index (χ2n) is 9.77. The van der Waals surface area contributed by atoms with Crippen LogP contribution in [0.4, 0.5) is 0 Å². The average Bonchev–Trinajstić information content (AvgIpc) is 2.82. The molecule has 0 saturated heterocycles. The van der Waals surface area contributed by atoms with Crippen LogP contribution in [0.25, 0.3) is 0 Å². The van der Waals surface area contributed by atoms with Crippen molar-refractivity contribution >= 4 is 17.7 Å². The molecule has 1 unspecified atom stereocenters. The molecule has 3 N–H and O–H groups in total. The van der Waals surface area contributed by atoms with Crippen molar-refractivity contribution in [2.45, 2.75) is 161 Å². The van der Waals surface area contributed by atoms with Crippen LogP contribution < -0.4 is 5.73 Å². The van der Waals surface area contributed by atoms with Gasteiger partial charge in [-0.25, -0.2) is 0 Å². The molecule has 0 bridgehead atoms. The molecule has 0 saturated carbocycles. The number of hydrogen-bond donors (Lipinski definition) is 2. The van der Waals surface area contributed by atoms with E-state index in [2.05, 4.69) is 6.92 Å². The van der Waals surface area contributed by atoms with E-state index in [1.807, 2.05) is 6.92 Å². The number of rotatable bonds is 25. The van der Waals surface area contributed by atoms with Crippen LogP contribution >= 0.6 is 0 Å². The number of ether oxygens (including phenoxy) is 1. The molecule has 34 heavy (non-hydrogen) atoms. The molecule has 0 heterocycles. The third-order valence-electron chi connectivity index (χ3n) is 6.44. The van der Waals surface area contributed by atoms with E-state index in [1.165, 1.54) is 77.0 Å². The predicted molar refractivity (Wildman–Crippen MR) is 139 cm³/mol. The van der Waals surface area contributed by atoms with E-state index in [1.54, 1.807) is 0 Å². The number of unbranched alkanes of at least 4 members (excludes halogenated alkanes) is 15. The van der Waals surface area contributed by atoms with Gasteiger partial charge in [-0.3, -0.25) is 14.4 Å². The number of hydrogen-bond acceptors (Lipinski definition) is 5. The van der Waals surface area contributed by atoms with Gasteiger partial charge < -0.3 is 15.6 Å². The molecule has 0 radical (unpaired) electrons. The minimum Gasteiger partial charge on any atom is -0.481 e. The number of ketones is 1. The Kier molecular flexibility index (Phi) is 22.3. The lowest BCUT2D eigenvalue weighted by Crippen LogP contribution is -2.38.